The lowest BCUT2D eigenvalue weighted by Gasteiger charge is -2.12. The molecule has 0 radical (unpaired) electrons. The highest BCUT2D eigenvalue weighted by Crippen LogP contribution is 2.33. The number of benzene rings is 3. The van der Waals surface area contributed by atoms with Gasteiger partial charge in [0, 0.05) is 10.2 Å². The van der Waals surface area contributed by atoms with Crippen LogP contribution in [-0.4, -0.2) is 28.6 Å². The second-order valence-corrected chi connectivity index (χ2v) is 9.58. The monoisotopic (exact) mass is 536 g/mol. The van der Waals surface area contributed by atoms with E-state index in [1.165, 1.54) is 4.90 Å². The molecule has 1 fully saturated rings. The van der Waals surface area contributed by atoms with Crippen LogP contribution in [0.1, 0.15) is 16.7 Å². The molecule has 0 saturated carbocycles. The van der Waals surface area contributed by atoms with E-state index in [1.807, 2.05) is 55.5 Å². The average molecular weight is 537 g/mol. The van der Waals surface area contributed by atoms with E-state index in [9.17, 15) is 14.4 Å². The zero-order valence-corrected chi connectivity index (χ0v) is 20.7. The number of hydrogen-bond donors (Lipinski definition) is 1. The second-order valence-electron chi connectivity index (χ2n) is 7.67. The van der Waals surface area contributed by atoms with E-state index < -0.39 is 0 Å². The van der Waals surface area contributed by atoms with Crippen molar-refractivity contribution in [3.8, 4) is 5.75 Å². The summed E-state index contributed by atoms with van der Waals surface area (Å²) in [4.78, 5) is 38.8. The molecule has 8 heteroatoms. The number of thioether (sulfide) groups is 1. The fourth-order valence-corrected chi connectivity index (χ4v) is 4.53. The van der Waals surface area contributed by atoms with Crippen molar-refractivity contribution in [2.45, 2.75) is 13.5 Å². The highest BCUT2D eigenvalue weighted by molar-refractivity contribution is 9.10. The number of hydrogen-bond acceptors (Lipinski definition) is 5. The number of amides is 3. The topological polar surface area (TPSA) is 75.7 Å². The maximum atomic E-state index is 12.8. The van der Waals surface area contributed by atoms with E-state index in [0.717, 1.165) is 32.9 Å². The molecule has 1 heterocycles. The quantitative estimate of drug-likeness (QED) is 0.374. The Morgan fingerprint density at radius 3 is 2.50 bits per heavy atom. The van der Waals surface area contributed by atoms with Crippen molar-refractivity contribution in [1.29, 1.82) is 0 Å². The van der Waals surface area contributed by atoms with E-state index in [4.69, 9.17) is 4.74 Å². The minimum Gasteiger partial charge on any atom is -0.484 e. The van der Waals surface area contributed by atoms with Crippen molar-refractivity contribution < 1.29 is 19.1 Å². The SMILES string of the molecule is Cc1ccc(NC(=O)COc2ccc(/C=C3/SC(=O)N(Cc4cccc(Br)c4)C3=O)cc2)cc1. The number of anilines is 1. The summed E-state index contributed by atoms with van der Waals surface area (Å²) in [6.45, 7) is 2.08. The zero-order valence-electron chi connectivity index (χ0n) is 18.3. The highest BCUT2D eigenvalue weighted by atomic mass is 79.9. The number of nitrogens with zero attached hydrogens (tertiary/aromatic N) is 1. The number of ether oxygens (including phenoxy) is 1. The van der Waals surface area contributed by atoms with Crippen LogP contribution in [0.4, 0.5) is 10.5 Å². The smallest absolute Gasteiger partial charge is 0.293 e. The Labute approximate surface area is 210 Å². The summed E-state index contributed by atoms with van der Waals surface area (Å²) >= 11 is 4.33. The molecule has 3 aromatic carbocycles. The summed E-state index contributed by atoms with van der Waals surface area (Å²) in [5, 5.41) is 2.48. The fourth-order valence-electron chi connectivity index (χ4n) is 3.25. The van der Waals surface area contributed by atoms with E-state index in [-0.39, 0.29) is 30.2 Å². The Hall–Kier alpha value is -3.36. The van der Waals surface area contributed by atoms with Crippen LogP contribution in [0.3, 0.4) is 0 Å². The summed E-state index contributed by atoms with van der Waals surface area (Å²) < 4.78 is 6.44. The fraction of sp³-hybridized carbons (Fsp3) is 0.115. The molecule has 1 aliphatic heterocycles. The van der Waals surface area contributed by atoms with Gasteiger partial charge in [-0.15, -0.1) is 0 Å². The van der Waals surface area contributed by atoms with Gasteiger partial charge in [0.15, 0.2) is 6.61 Å². The maximum absolute atomic E-state index is 12.8. The lowest BCUT2D eigenvalue weighted by Crippen LogP contribution is -2.27. The van der Waals surface area contributed by atoms with E-state index in [2.05, 4.69) is 21.2 Å². The molecule has 4 rings (SSSR count). The van der Waals surface area contributed by atoms with Crippen molar-refractivity contribution in [1.82, 2.24) is 4.90 Å². The van der Waals surface area contributed by atoms with Crippen LogP contribution in [-0.2, 0) is 16.1 Å². The third kappa shape index (κ3) is 6.15. The Balaban J connectivity index is 1.33. The molecule has 3 aromatic rings. The van der Waals surface area contributed by atoms with E-state index in [1.54, 1.807) is 30.3 Å². The zero-order chi connectivity index (χ0) is 24.1. The largest absolute Gasteiger partial charge is 0.484 e. The molecule has 34 heavy (non-hydrogen) atoms. The molecule has 0 aromatic heterocycles. The summed E-state index contributed by atoms with van der Waals surface area (Å²) in [6, 6.07) is 22.0. The Morgan fingerprint density at radius 2 is 1.79 bits per heavy atom. The molecular weight excluding hydrogens is 516 g/mol. The van der Waals surface area contributed by atoms with Crippen molar-refractivity contribution in [3.05, 3.63) is 98.9 Å². The number of carbonyl (C=O) groups excluding carboxylic acids is 3. The van der Waals surface area contributed by atoms with Gasteiger partial charge in [0.25, 0.3) is 17.1 Å². The van der Waals surface area contributed by atoms with Crippen molar-refractivity contribution in [2.75, 3.05) is 11.9 Å². The first-order valence-corrected chi connectivity index (χ1v) is 12.1. The highest BCUT2D eigenvalue weighted by Gasteiger charge is 2.34. The number of halogens is 1. The van der Waals surface area contributed by atoms with Gasteiger partial charge in [-0.3, -0.25) is 19.3 Å². The van der Waals surface area contributed by atoms with Crippen LogP contribution in [0.15, 0.2) is 82.2 Å². The molecule has 0 aliphatic carbocycles. The number of nitrogens with one attached hydrogen (secondary N) is 1. The molecule has 1 N–H and O–H groups in total. The number of carbonyl (C=O) groups is 3. The molecule has 3 amide bonds. The van der Waals surface area contributed by atoms with Gasteiger partial charge in [0.2, 0.25) is 0 Å². The standard InChI is InChI=1S/C26H21BrN2O4S/c1-17-5-9-21(10-6-17)28-24(30)16-33-22-11-7-18(8-12-22)14-23-25(31)29(26(32)34-23)15-19-3-2-4-20(27)13-19/h2-14H,15-16H2,1H3,(H,28,30)/b23-14+. The van der Waals surface area contributed by atoms with Crippen molar-refractivity contribution in [3.63, 3.8) is 0 Å². The van der Waals surface area contributed by atoms with Crippen LogP contribution in [0, 0.1) is 6.92 Å². The minimum absolute atomic E-state index is 0.123. The van der Waals surface area contributed by atoms with Gasteiger partial charge in [-0.2, -0.15) is 0 Å². The third-order valence-electron chi connectivity index (χ3n) is 4.99. The molecule has 1 aliphatic rings. The first-order valence-electron chi connectivity index (χ1n) is 10.5. The van der Waals surface area contributed by atoms with Crippen LogP contribution >= 0.6 is 27.7 Å². The van der Waals surface area contributed by atoms with Gasteiger partial charge >= 0.3 is 0 Å². The number of imide groups is 1. The summed E-state index contributed by atoms with van der Waals surface area (Å²) in [5.41, 5.74) is 3.45. The summed E-state index contributed by atoms with van der Waals surface area (Å²) in [7, 11) is 0. The Morgan fingerprint density at radius 1 is 1.06 bits per heavy atom. The van der Waals surface area contributed by atoms with Crippen LogP contribution < -0.4 is 10.1 Å². The normalized spacial score (nSPS) is 14.5. The third-order valence-corrected chi connectivity index (χ3v) is 6.39. The van der Waals surface area contributed by atoms with E-state index in [0.29, 0.717) is 16.3 Å². The lowest BCUT2D eigenvalue weighted by atomic mass is 10.2. The molecule has 1 saturated heterocycles. The average Bonchev–Trinajstić information content (AvgIpc) is 3.07. The second kappa shape index (κ2) is 10.7. The van der Waals surface area contributed by atoms with E-state index >= 15 is 0 Å². The Kier molecular flexibility index (Phi) is 7.49. The predicted octanol–water partition coefficient (Wildman–Crippen LogP) is 6.01. The minimum atomic E-state index is -0.317. The van der Waals surface area contributed by atoms with Crippen LogP contribution in [0.5, 0.6) is 5.75 Å². The predicted molar refractivity (Wildman–Crippen MR) is 137 cm³/mol. The summed E-state index contributed by atoms with van der Waals surface area (Å²) in [5.74, 6) is -0.0471. The molecule has 0 unspecified atom stereocenters. The van der Waals surface area contributed by atoms with Crippen molar-refractivity contribution >= 4 is 56.5 Å². The van der Waals surface area contributed by atoms with Gasteiger partial charge < -0.3 is 10.1 Å². The first kappa shape index (κ1) is 23.8. The molecule has 172 valence electrons. The molecule has 0 atom stereocenters. The van der Waals surface area contributed by atoms with Gasteiger partial charge in [-0.25, -0.2) is 0 Å². The first-order chi connectivity index (χ1) is 16.4. The van der Waals surface area contributed by atoms with Crippen LogP contribution in [0.2, 0.25) is 0 Å². The molecule has 0 spiro atoms. The van der Waals surface area contributed by atoms with Gasteiger partial charge in [0.05, 0.1) is 11.4 Å². The lowest BCUT2D eigenvalue weighted by molar-refractivity contribution is -0.123. The van der Waals surface area contributed by atoms with Crippen molar-refractivity contribution in [2.24, 2.45) is 0 Å². The van der Waals surface area contributed by atoms with Crippen LogP contribution in [0.25, 0.3) is 6.08 Å². The number of rotatable bonds is 7. The number of aryl methyl sites for hydroxylation is 1. The van der Waals surface area contributed by atoms with Gasteiger partial charge in [-0.05, 0) is 72.3 Å². The summed E-state index contributed by atoms with van der Waals surface area (Å²) in [6.07, 6.45) is 1.68. The van der Waals surface area contributed by atoms with Gasteiger partial charge in [0.1, 0.15) is 5.75 Å². The molecule has 0 bridgehead atoms. The Bertz CT molecular complexity index is 1260. The molecular formula is C26H21BrN2O4S. The molecule has 6 nitrogen and oxygen atoms in total. The maximum Gasteiger partial charge on any atom is 0.293 e. The van der Waals surface area contributed by atoms with Gasteiger partial charge in [-0.1, -0.05) is 57.9 Å².